The summed E-state index contributed by atoms with van der Waals surface area (Å²) < 4.78 is 17.2. The molecule has 172 valence electrons. The van der Waals surface area contributed by atoms with E-state index in [2.05, 4.69) is 11.2 Å². The average molecular weight is 456 g/mol. The molecule has 7 nitrogen and oxygen atoms in total. The molecule has 3 aromatic carbocycles. The van der Waals surface area contributed by atoms with E-state index in [9.17, 15) is 9.59 Å². The van der Waals surface area contributed by atoms with Gasteiger partial charge in [0.2, 0.25) is 0 Å². The van der Waals surface area contributed by atoms with Gasteiger partial charge in [0.15, 0.2) is 5.69 Å². The summed E-state index contributed by atoms with van der Waals surface area (Å²) >= 11 is 0. The maximum atomic E-state index is 12.7. The third kappa shape index (κ3) is 4.68. The molecule has 0 bridgehead atoms. The van der Waals surface area contributed by atoms with Gasteiger partial charge in [-0.2, -0.15) is 5.10 Å². The number of benzene rings is 3. The molecule has 0 saturated heterocycles. The average Bonchev–Trinajstić information content (AvgIpc) is 3.28. The lowest BCUT2D eigenvalue weighted by Crippen LogP contribution is -2.15. The number of para-hydroxylation sites is 1. The fourth-order valence-corrected chi connectivity index (χ4v) is 3.63. The number of esters is 2. The van der Waals surface area contributed by atoms with Crippen LogP contribution in [0.4, 0.5) is 0 Å². The van der Waals surface area contributed by atoms with Crippen molar-refractivity contribution in [2.45, 2.75) is 13.5 Å². The Morgan fingerprint density at radius 2 is 1.56 bits per heavy atom. The van der Waals surface area contributed by atoms with Gasteiger partial charge in [0, 0.05) is 5.56 Å². The molecule has 0 atom stereocenters. The Morgan fingerprint density at radius 3 is 2.21 bits per heavy atom. The number of methoxy groups -OCH3 is 2. The third-order valence-electron chi connectivity index (χ3n) is 5.27. The van der Waals surface area contributed by atoms with E-state index in [1.54, 1.807) is 36.4 Å². The number of carbonyl (C=O) groups excluding carboxylic acids is 2. The summed E-state index contributed by atoms with van der Waals surface area (Å²) in [5.41, 5.74) is 3.81. The second-order valence-corrected chi connectivity index (χ2v) is 7.60. The van der Waals surface area contributed by atoms with Crippen molar-refractivity contribution in [1.29, 1.82) is 0 Å². The Kier molecular flexibility index (Phi) is 6.73. The van der Waals surface area contributed by atoms with E-state index in [1.807, 2.05) is 43.3 Å². The normalized spacial score (nSPS) is 10.6. The first kappa shape index (κ1) is 22.8. The van der Waals surface area contributed by atoms with Gasteiger partial charge in [-0.3, -0.25) is 0 Å². The zero-order valence-electron chi connectivity index (χ0n) is 19.1. The standard InChI is InChI=1S/C27H24N2O5/c1-18-8-7-9-19(16-18)17-34-22-14-12-20(13-15-22)24-23(26(30)32-2)25(27(31)33-3)29(28-24)21-10-5-4-6-11-21/h4-16H,17H2,1-3H3. The highest BCUT2D eigenvalue weighted by Crippen LogP contribution is 2.30. The molecule has 0 unspecified atom stereocenters. The Morgan fingerprint density at radius 1 is 0.853 bits per heavy atom. The molecule has 7 heteroatoms. The molecule has 0 fully saturated rings. The molecule has 4 aromatic rings. The molecule has 0 N–H and O–H groups in total. The summed E-state index contributed by atoms with van der Waals surface area (Å²) in [6.07, 6.45) is 0. The van der Waals surface area contributed by atoms with Crippen LogP contribution in [0.15, 0.2) is 78.9 Å². The van der Waals surface area contributed by atoms with Gasteiger partial charge in [0.1, 0.15) is 23.6 Å². The molecule has 0 aliphatic carbocycles. The highest BCUT2D eigenvalue weighted by molar-refractivity contribution is 6.06. The van der Waals surface area contributed by atoms with E-state index in [0.717, 1.165) is 5.56 Å². The van der Waals surface area contributed by atoms with E-state index in [4.69, 9.17) is 14.2 Å². The maximum Gasteiger partial charge on any atom is 0.357 e. The minimum atomic E-state index is -0.693. The molecule has 34 heavy (non-hydrogen) atoms. The Balaban J connectivity index is 1.72. The van der Waals surface area contributed by atoms with Crippen molar-refractivity contribution in [2.75, 3.05) is 14.2 Å². The molecule has 0 amide bonds. The van der Waals surface area contributed by atoms with Crippen molar-refractivity contribution < 1.29 is 23.8 Å². The molecule has 1 aromatic heterocycles. The monoisotopic (exact) mass is 456 g/mol. The van der Waals surface area contributed by atoms with E-state index in [-0.39, 0.29) is 11.3 Å². The molecular weight excluding hydrogens is 432 g/mol. The summed E-state index contributed by atoms with van der Waals surface area (Å²) in [5.74, 6) is -0.709. The van der Waals surface area contributed by atoms with Crippen LogP contribution < -0.4 is 4.74 Å². The predicted octanol–water partition coefficient (Wildman–Crippen LogP) is 5.00. The zero-order chi connectivity index (χ0) is 24.1. The van der Waals surface area contributed by atoms with Gasteiger partial charge in [-0.15, -0.1) is 0 Å². The molecule has 4 rings (SSSR count). The highest BCUT2D eigenvalue weighted by Gasteiger charge is 2.31. The zero-order valence-corrected chi connectivity index (χ0v) is 19.1. The van der Waals surface area contributed by atoms with Crippen molar-refractivity contribution in [3.8, 4) is 22.7 Å². The lowest BCUT2D eigenvalue weighted by molar-refractivity contribution is 0.0549. The van der Waals surface area contributed by atoms with Crippen LogP contribution in [0.5, 0.6) is 5.75 Å². The number of ether oxygens (including phenoxy) is 3. The van der Waals surface area contributed by atoms with Crippen LogP contribution in [0.1, 0.15) is 32.0 Å². The molecular formula is C27H24N2O5. The summed E-state index contributed by atoms with van der Waals surface area (Å²) in [6.45, 7) is 2.47. The number of rotatable bonds is 7. The van der Waals surface area contributed by atoms with Crippen LogP contribution in [0.2, 0.25) is 0 Å². The minimum absolute atomic E-state index is 0.00433. The Labute approximate surface area is 197 Å². The van der Waals surface area contributed by atoms with Crippen LogP contribution in [-0.4, -0.2) is 35.9 Å². The number of aromatic nitrogens is 2. The third-order valence-corrected chi connectivity index (χ3v) is 5.27. The molecule has 0 radical (unpaired) electrons. The van der Waals surface area contributed by atoms with Crippen molar-refractivity contribution in [3.05, 3.63) is 101 Å². The van der Waals surface area contributed by atoms with E-state index in [1.165, 1.54) is 24.5 Å². The lowest BCUT2D eigenvalue weighted by Gasteiger charge is -2.08. The van der Waals surface area contributed by atoms with Crippen LogP contribution in [-0.2, 0) is 16.1 Å². The summed E-state index contributed by atoms with van der Waals surface area (Å²) in [4.78, 5) is 25.4. The summed E-state index contributed by atoms with van der Waals surface area (Å²) in [7, 11) is 2.51. The van der Waals surface area contributed by atoms with Crippen molar-refractivity contribution >= 4 is 11.9 Å². The lowest BCUT2D eigenvalue weighted by atomic mass is 10.1. The quantitative estimate of drug-likeness (QED) is 0.364. The van der Waals surface area contributed by atoms with Crippen LogP contribution in [0.25, 0.3) is 16.9 Å². The second-order valence-electron chi connectivity index (χ2n) is 7.60. The van der Waals surface area contributed by atoms with Gasteiger partial charge in [-0.1, -0.05) is 48.0 Å². The number of hydrogen-bond donors (Lipinski definition) is 0. The van der Waals surface area contributed by atoms with Gasteiger partial charge in [0.25, 0.3) is 0 Å². The number of carbonyl (C=O) groups is 2. The van der Waals surface area contributed by atoms with Crippen LogP contribution in [0.3, 0.4) is 0 Å². The molecule has 0 aliphatic heterocycles. The summed E-state index contributed by atoms with van der Waals surface area (Å²) in [5, 5.41) is 4.60. The fraction of sp³-hybridized carbons (Fsp3) is 0.148. The minimum Gasteiger partial charge on any atom is -0.489 e. The van der Waals surface area contributed by atoms with E-state index in [0.29, 0.717) is 29.3 Å². The van der Waals surface area contributed by atoms with E-state index < -0.39 is 11.9 Å². The van der Waals surface area contributed by atoms with Gasteiger partial charge in [-0.05, 0) is 48.9 Å². The fourth-order valence-electron chi connectivity index (χ4n) is 3.63. The SMILES string of the molecule is COC(=O)c1c(-c2ccc(OCc3cccc(C)c3)cc2)nn(-c2ccccc2)c1C(=O)OC. The van der Waals surface area contributed by atoms with Crippen molar-refractivity contribution in [3.63, 3.8) is 0 Å². The van der Waals surface area contributed by atoms with Gasteiger partial charge < -0.3 is 14.2 Å². The Hall–Kier alpha value is -4.39. The first-order valence-corrected chi connectivity index (χ1v) is 10.7. The topological polar surface area (TPSA) is 79.7 Å². The summed E-state index contributed by atoms with van der Waals surface area (Å²) in [6, 6.07) is 24.3. The van der Waals surface area contributed by atoms with Crippen molar-refractivity contribution in [2.24, 2.45) is 0 Å². The molecule has 1 heterocycles. The smallest absolute Gasteiger partial charge is 0.357 e. The first-order chi connectivity index (χ1) is 16.5. The van der Waals surface area contributed by atoms with Crippen LogP contribution >= 0.6 is 0 Å². The van der Waals surface area contributed by atoms with Crippen LogP contribution in [0, 0.1) is 6.92 Å². The largest absolute Gasteiger partial charge is 0.489 e. The molecule has 0 saturated carbocycles. The van der Waals surface area contributed by atoms with Crippen molar-refractivity contribution in [1.82, 2.24) is 9.78 Å². The molecule has 0 aliphatic rings. The van der Waals surface area contributed by atoms with E-state index >= 15 is 0 Å². The number of aryl methyl sites for hydroxylation is 1. The number of hydrogen-bond acceptors (Lipinski definition) is 6. The molecule has 0 spiro atoms. The maximum absolute atomic E-state index is 12.7. The van der Waals surface area contributed by atoms with Gasteiger partial charge in [-0.25, -0.2) is 14.3 Å². The first-order valence-electron chi connectivity index (χ1n) is 10.7. The highest BCUT2D eigenvalue weighted by atomic mass is 16.5. The Bertz CT molecular complexity index is 1310. The second kappa shape index (κ2) is 10.0. The number of nitrogens with zero attached hydrogens (tertiary/aromatic N) is 2. The van der Waals surface area contributed by atoms with Gasteiger partial charge in [0.05, 0.1) is 19.9 Å². The predicted molar refractivity (Wildman–Crippen MR) is 127 cm³/mol. The van der Waals surface area contributed by atoms with Gasteiger partial charge >= 0.3 is 11.9 Å².